The quantitative estimate of drug-likeness (QED) is 0.650. The minimum Gasteiger partial charge on any atom is -0.465 e. The highest BCUT2D eigenvalue weighted by Crippen LogP contribution is 2.22. The second-order valence-corrected chi connectivity index (χ2v) is 4.31. The monoisotopic (exact) mass is 261 g/mol. The van der Waals surface area contributed by atoms with Crippen molar-refractivity contribution in [2.45, 2.75) is 17.9 Å². The van der Waals surface area contributed by atoms with Crippen LogP contribution in [0.3, 0.4) is 0 Å². The van der Waals surface area contributed by atoms with Crippen molar-refractivity contribution >= 4 is 17.7 Å². The molecule has 0 aliphatic heterocycles. The Morgan fingerprint density at radius 1 is 1.53 bits per heavy atom. The van der Waals surface area contributed by atoms with E-state index in [2.05, 4.69) is 0 Å². The van der Waals surface area contributed by atoms with Gasteiger partial charge >= 0.3 is 5.97 Å². The number of esters is 1. The minimum absolute atomic E-state index is 0.182. The molecule has 0 radical (unpaired) electrons. The van der Waals surface area contributed by atoms with Crippen LogP contribution >= 0.6 is 11.8 Å². The van der Waals surface area contributed by atoms with Crippen LogP contribution in [0.5, 0.6) is 0 Å². The summed E-state index contributed by atoms with van der Waals surface area (Å²) in [6.07, 6.45) is 0. The smallest absolute Gasteiger partial charge is 0.323 e. The number of benzene rings is 1. The number of hydrogen-bond acceptors (Lipinski definition) is 4. The highest BCUT2D eigenvalue weighted by atomic mass is 32.2. The average Bonchev–Trinajstić information content (AvgIpc) is 2.27. The first-order chi connectivity index (χ1) is 8.04. The lowest BCUT2D eigenvalue weighted by Gasteiger charge is -2.10. The van der Waals surface area contributed by atoms with Crippen molar-refractivity contribution in [3.8, 4) is 0 Å². The van der Waals surface area contributed by atoms with Crippen molar-refractivity contribution in [2.75, 3.05) is 12.4 Å². The van der Waals surface area contributed by atoms with Crippen LogP contribution in [0, 0.1) is 11.6 Å². The SMILES string of the molecule is CCOC(=O)C(N)CSc1ccc(F)cc1F. The number of carbonyl (C=O) groups is 1. The van der Waals surface area contributed by atoms with Gasteiger partial charge in [0.2, 0.25) is 0 Å². The van der Waals surface area contributed by atoms with Crippen LogP contribution in [-0.2, 0) is 9.53 Å². The summed E-state index contributed by atoms with van der Waals surface area (Å²) >= 11 is 1.05. The second-order valence-electron chi connectivity index (χ2n) is 3.24. The van der Waals surface area contributed by atoms with E-state index >= 15 is 0 Å². The maximum absolute atomic E-state index is 13.2. The highest BCUT2D eigenvalue weighted by Gasteiger charge is 2.15. The van der Waals surface area contributed by atoms with Crippen LogP contribution in [0.4, 0.5) is 8.78 Å². The van der Waals surface area contributed by atoms with E-state index in [9.17, 15) is 13.6 Å². The molecule has 3 nitrogen and oxygen atoms in total. The molecule has 1 atom stereocenters. The molecule has 1 aromatic rings. The number of nitrogens with two attached hydrogens (primary N) is 1. The van der Waals surface area contributed by atoms with E-state index in [0.717, 1.165) is 23.9 Å². The molecule has 0 fully saturated rings. The van der Waals surface area contributed by atoms with Crippen LogP contribution in [0.15, 0.2) is 23.1 Å². The third-order valence-electron chi connectivity index (χ3n) is 1.90. The Balaban J connectivity index is 2.52. The normalized spacial score (nSPS) is 12.2. The fraction of sp³-hybridized carbons (Fsp3) is 0.364. The molecule has 0 spiro atoms. The van der Waals surface area contributed by atoms with E-state index in [4.69, 9.17) is 10.5 Å². The third-order valence-corrected chi connectivity index (χ3v) is 3.07. The van der Waals surface area contributed by atoms with Crippen molar-refractivity contribution in [1.29, 1.82) is 0 Å². The standard InChI is InChI=1S/C11H13F2NO2S/c1-2-16-11(15)9(14)6-17-10-4-3-7(12)5-8(10)13/h3-5,9H,2,6,14H2,1H3. The van der Waals surface area contributed by atoms with Gasteiger partial charge in [-0.15, -0.1) is 11.8 Å². The molecular formula is C11H13F2NO2S. The first-order valence-electron chi connectivity index (χ1n) is 5.04. The second kappa shape index (κ2) is 6.56. The van der Waals surface area contributed by atoms with Gasteiger partial charge in [-0.3, -0.25) is 4.79 Å². The van der Waals surface area contributed by atoms with Crippen molar-refractivity contribution in [3.05, 3.63) is 29.8 Å². The van der Waals surface area contributed by atoms with E-state index in [-0.39, 0.29) is 17.3 Å². The molecule has 1 unspecified atom stereocenters. The molecular weight excluding hydrogens is 248 g/mol. The summed E-state index contributed by atoms with van der Waals surface area (Å²) in [5, 5.41) is 0. The fourth-order valence-electron chi connectivity index (χ4n) is 1.09. The van der Waals surface area contributed by atoms with Crippen LogP contribution in [0.2, 0.25) is 0 Å². The first-order valence-corrected chi connectivity index (χ1v) is 6.03. The Morgan fingerprint density at radius 2 is 2.24 bits per heavy atom. The minimum atomic E-state index is -0.815. The molecule has 1 aromatic carbocycles. The zero-order chi connectivity index (χ0) is 12.8. The Morgan fingerprint density at radius 3 is 2.82 bits per heavy atom. The van der Waals surface area contributed by atoms with E-state index in [1.54, 1.807) is 6.92 Å². The van der Waals surface area contributed by atoms with Crippen molar-refractivity contribution in [1.82, 2.24) is 0 Å². The number of ether oxygens (including phenoxy) is 1. The topological polar surface area (TPSA) is 52.3 Å². The van der Waals surface area contributed by atoms with Gasteiger partial charge in [0.05, 0.1) is 6.61 Å². The van der Waals surface area contributed by atoms with Gasteiger partial charge < -0.3 is 10.5 Å². The summed E-state index contributed by atoms with van der Waals surface area (Å²) in [6, 6.07) is 2.44. The van der Waals surface area contributed by atoms with Crippen LogP contribution in [0.25, 0.3) is 0 Å². The number of rotatable bonds is 5. The molecule has 6 heteroatoms. The fourth-order valence-corrected chi connectivity index (χ4v) is 1.95. The van der Waals surface area contributed by atoms with E-state index in [0.29, 0.717) is 0 Å². The lowest BCUT2D eigenvalue weighted by molar-refractivity contribution is -0.144. The Bertz CT molecular complexity index is 401. The molecule has 0 bridgehead atoms. The molecule has 94 valence electrons. The Hall–Kier alpha value is -1.14. The van der Waals surface area contributed by atoms with Crippen LogP contribution < -0.4 is 5.73 Å². The zero-order valence-corrected chi connectivity index (χ0v) is 10.1. The van der Waals surface area contributed by atoms with Crippen molar-refractivity contribution in [2.24, 2.45) is 5.73 Å². The number of halogens is 2. The van der Waals surface area contributed by atoms with Gasteiger partial charge in [-0.05, 0) is 19.1 Å². The summed E-state index contributed by atoms with van der Waals surface area (Å²) in [4.78, 5) is 11.4. The Labute approximate surface area is 102 Å². The van der Waals surface area contributed by atoms with Gasteiger partial charge in [0.1, 0.15) is 17.7 Å². The molecule has 0 aliphatic carbocycles. The molecule has 1 rings (SSSR count). The van der Waals surface area contributed by atoms with Crippen molar-refractivity contribution in [3.63, 3.8) is 0 Å². The molecule has 17 heavy (non-hydrogen) atoms. The summed E-state index contributed by atoms with van der Waals surface area (Å²) in [7, 11) is 0. The molecule has 0 heterocycles. The molecule has 0 aliphatic rings. The number of carbonyl (C=O) groups excluding carboxylic acids is 1. The Kier molecular flexibility index (Phi) is 5.37. The molecule has 0 saturated carbocycles. The van der Waals surface area contributed by atoms with Crippen molar-refractivity contribution < 1.29 is 18.3 Å². The number of thioether (sulfide) groups is 1. The third kappa shape index (κ3) is 4.32. The summed E-state index contributed by atoms with van der Waals surface area (Å²) in [6.45, 7) is 1.93. The van der Waals surface area contributed by atoms with Gasteiger partial charge in [-0.2, -0.15) is 0 Å². The molecule has 0 aromatic heterocycles. The number of hydrogen-bond donors (Lipinski definition) is 1. The molecule has 0 saturated heterocycles. The maximum atomic E-state index is 13.2. The lowest BCUT2D eigenvalue weighted by atomic mass is 10.3. The first kappa shape index (κ1) is 13.9. The van der Waals surface area contributed by atoms with Gasteiger partial charge in [0, 0.05) is 16.7 Å². The van der Waals surface area contributed by atoms with E-state index in [1.165, 1.54) is 6.07 Å². The van der Waals surface area contributed by atoms with Gasteiger partial charge in [-0.25, -0.2) is 8.78 Å². The summed E-state index contributed by atoms with van der Waals surface area (Å²) in [5.41, 5.74) is 5.54. The van der Waals surface area contributed by atoms with Gasteiger partial charge in [0.15, 0.2) is 0 Å². The zero-order valence-electron chi connectivity index (χ0n) is 9.28. The average molecular weight is 261 g/mol. The maximum Gasteiger partial charge on any atom is 0.323 e. The largest absolute Gasteiger partial charge is 0.465 e. The molecule has 2 N–H and O–H groups in total. The van der Waals surface area contributed by atoms with Gasteiger partial charge in [0.25, 0.3) is 0 Å². The molecule has 0 amide bonds. The highest BCUT2D eigenvalue weighted by molar-refractivity contribution is 7.99. The summed E-state index contributed by atoms with van der Waals surface area (Å²) in [5.74, 6) is -1.64. The predicted molar refractivity (Wildman–Crippen MR) is 61.7 cm³/mol. The van der Waals surface area contributed by atoms with Crippen LogP contribution in [-0.4, -0.2) is 24.4 Å². The van der Waals surface area contributed by atoms with Crippen LogP contribution in [0.1, 0.15) is 6.92 Å². The lowest BCUT2D eigenvalue weighted by Crippen LogP contribution is -2.34. The predicted octanol–water partition coefficient (Wildman–Crippen LogP) is 1.95. The van der Waals surface area contributed by atoms with E-state index < -0.39 is 23.6 Å². The van der Waals surface area contributed by atoms with Gasteiger partial charge in [-0.1, -0.05) is 0 Å². The summed E-state index contributed by atoms with van der Waals surface area (Å²) < 4.78 is 30.6. The van der Waals surface area contributed by atoms with E-state index in [1.807, 2.05) is 0 Å².